The molecule has 1 N–H and O–H groups in total. The lowest BCUT2D eigenvalue weighted by molar-refractivity contribution is -0.113. The molecule has 8 heteroatoms. The highest BCUT2D eigenvalue weighted by molar-refractivity contribution is 8.00. The number of nitrogens with zero attached hydrogens (tertiary/aromatic N) is 2. The van der Waals surface area contributed by atoms with Gasteiger partial charge in [-0.2, -0.15) is 0 Å². The van der Waals surface area contributed by atoms with Crippen molar-refractivity contribution in [2.24, 2.45) is 0 Å². The molecule has 0 aliphatic heterocycles. The molecule has 140 valence electrons. The molecule has 1 aromatic carbocycles. The van der Waals surface area contributed by atoms with E-state index in [2.05, 4.69) is 15.3 Å². The number of hydrogen-bond acceptors (Lipinski definition) is 5. The number of fused-ring (bicyclic) bond motifs is 3. The summed E-state index contributed by atoms with van der Waals surface area (Å²) in [6.45, 7) is 1.90. The molecule has 1 aliphatic carbocycles. The van der Waals surface area contributed by atoms with Crippen molar-refractivity contribution in [2.45, 2.75) is 37.6 Å². The Bertz CT molecular complexity index is 1040. The Hall–Kier alpha value is -1.34. The Labute approximate surface area is 175 Å². The van der Waals surface area contributed by atoms with Crippen molar-refractivity contribution in [3.8, 4) is 0 Å². The maximum absolute atomic E-state index is 12.4. The van der Waals surface area contributed by atoms with E-state index >= 15 is 0 Å². The van der Waals surface area contributed by atoms with E-state index < -0.39 is 0 Å². The van der Waals surface area contributed by atoms with Gasteiger partial charge in [0.25, 0.3) is 0 Å². The normalized spacial score (nSPS) is 13.6. The first-order valence-electron chi connectivity index (χ1n) is 8.68. The fourth-order valence-electron chi connectivity index (χ4n) is 3.25. The van der Waals surface area contributed by atoms with Crippen molar-refractivity contribution in [3.63, 3.8) is 0 Å². The summed E-state index contributed by atoms with van der Waals surface area (Å²) in [4.78, 5) is 24.1. The summed E-state index contributed by atoms with van der Waals surface area (Å²) in [5.74, 6) is 0.846. The van der Waals surface area contributed by atoms with Crippen LogP contribution in [0.25, 0.3) is 10.2 Å². The number of anilines is 1. The van der Waals surface area contributed by atoms with Crippen LogP contribution in [0.1, 0.15) is 29.1 Å². The summed E-state index contributed by atoms with van der Waals surface area (Å²) in [6, 6.07) is 5.18. The summed E-state index contributed by atoms with van der Waals surface area (Å²) in [5, 5.41) is 5.62. The topological polar surface area (TPSA) is 54.9 Å². The second-order valence-corrected chi connectivity index (χ2v) is 9.24. The number of hydrogen-bond donors (Lipinski definition) is 1. The number of amides is 1. The van der Waals surface area contributed by atoms with Gasteiger partial charge in [-0.3, -0.25) is 4.79 Å². The summed E-state index contributed by atoms with van der Waals surface area (Å²) in [5.41, 5.74) is 1.90. The minimum Gasteiger partial charge on any atom is -0.324 e. The first-order valence-corrected chi connectivity index (χ1v) is 11.2. The van der Waals surface area contributed by atoms with Crippen LogP contribution in [0, 0.1) is 6.92 Å². The zero-order valence-corrected chi connectivity index (χ0v) is 17.8. The van der Waals surface area contributed by atoms with Gasteiger partial charge in [0, 0.05) is 10.3 Å². The molecule has 0 spiro atoms. The van der Waals surface area contributed by atoms with Gasteiger partial charge in [-0.05, 0) is 50.3 Å². The summed E-state index contributed by atoms with van der Waals surface area (Å²) < 4.78 is 0. The van der Waals surface area contributed by atoms with Crippen molar-refractivity contribution in [2.75, 3.05) is 11.1 Å². The number of aromatic nitrogens is 2. The van der Waals surface area contributed by atoms with E-state index in [1.807, 2.05) is 6.92 Å². The average molecular weight is 438 g/mol. The van der Waals surface area contributed by atoms with Crippen LogP contribution in [0.4, 0.5) is 5.69 Å². The number of rotatable bonds is 4. The summed E-state index contributed by atoms with van der Waals surface area (Å²) in [6.07, 6.45) is 4.62. The third kappa shape index (κ3) is 3.94. The molecule has 0 saturated heterocycles. The largest absolute Gasteiger partial charge is 0.324 e. The van der Waals surface area contributed by atoms with Crippen LogP contribution in [0.3, 0.4) is 0 Å². The van der Waals surface area contributed by atoms with Crippen LogP contribution >= 0.6 is 46.3 Å². The minimum absolute atomic E-state index is 0.141. The highest BCUT2D eigenvalue weighted by atomic mass is 35.5. The number of thiophene rings is 1. The number of halogens is 2. The van der Waals surface area contributed by atoms with E-state index in [0.29, 0.717) is 15.7 Å². The quantitative estimate of drug-likeness (QED) is 0.406. The first-order chi connectivity index (χ1) is 13.0. The Morgan fingerprint density at radius 3 is 2.93 bits per heavy atom. The van der Waals surface area contributed by atoms with Gasteiger partial charge in [0.1, 0.15) is 15.7 Å². The standard InChI is InChI=1S/C19H17Cl2N3OS2/c1-10-22-18(16-11-5-2-3-8-14(11)27-19(16)23-10)26-9-15(25)24-13-7-4-6-12(20)17(13)21/h4,6-7H,2-3,5,8-9H2,1H3,(H,24,25). The lowest BCUT2D eigenvalue weighted by atomic mass is 9.97. The molecule has 1 amide bonds. The molecule has 0 bridgehead atoms. The maximum Gasteiger partial charge on any atom is 0.234 e. The maximum atomic E-state index is 12.4. The Morgan fingerprint density at radius 2 is 2.07 bits per heavy atom. The second-order valence-electron chi connectivity index (χ2n) is 6.41. The van der Waals surface area contributed by atoms with Crippen LogP contribution in [-0.4, -0.2) is 21.6 Å². The third-order valence-corrected chi connectivity index (χ3v) is 7.44. The van der Waals surface area contributed by atoms with Crippen molar-refractivity contribution < 1.29 is 4.79 Å². The molecule has 1 aliphatic rings. The van der Waals surface area contributed by atoms with Crippen molar-refractivity contribution in [3.05, 3.63) is 44.5 Å². The fourth-order valence-corrected chi connectivity index (χ4v) is 5.87. The molecular formula is C19H17Cl2N3OS2. The SMILES string of the molecule is Cc1nc(SCC(=O)Nc2cccc(Cl)c2Cl)c2c3c(sc2n1)CCCC3. The molecule has 3 aromatic rings. The van der Waals surface area contributed by atoms with E-state index in [-0.39, 0.29) is 11.7 Å². The number of carbonyl (C=O) groups excluding carboxylic acids is 1. The highest BCUT2D eigenvalue weighted by Crippen LogP contribution is 2.39. The Morgan fingerprint density at radius 1 is 1.26 bits per heavy atom. The van der Waals surface area contributed by atoms with Gasteiger partial charge in [-0.25, -0.2) is 9.97 Å². The van der Waals surface area contributed by atoms with Gasteiger partial charge in [-0.1, -0.05) is 41.0 Å². The van der Waals surface area contributed by atoms with Gasteiger partial charge in [-0.15, -0.1) is 11.3 Å². The van der Waals surface area contributed by atoms with Crippen molar-refractivity contribution in [1.29, 1.82) is 0 Å². The molecule has 27 heavy (non-hydrogen) atoms. The van der Waals surface area contributed by atoms with Crippen molar-refractivity contribution >= 4 is 68.1 Å². The van der Waals surface area contributed by atoms with Crippen molar-refractivity contribution in [1.82, 2.24) is 9.97 Å². The van der Waals surface area contributed by atoms with Gasteiger partial charge in [0.05, 0.1) is 21.5 Å². The van der Waals surface area contributed by atoms with E-state index in [4.69, 9.17) is 23.2 Å². The molecule has 2 aromatic heterocycles. The Balaban J connectivity index is 1.56. The molecule has 4 rings (SSSR count). The van der Waals surface area contributed by atoms with Crippen LogP contribution in [0.2, 0.25) is 10.0 Å². The molecular weight excluding hydrogens is 421 g/mol. The number of carbonyl (C=O) groups is 1. The van der Waals surface area contributed by atoms with E-state index in [1.165, 1.54) is 35.0 Å². The molecule has 0 unspecified atom stereocenters. The smallest absolute Gasteiger partial charge is 0.234 e. The van der Waals surface area contributed by atoms with E-state index in [9.17, 15) is 4.79 Å². The molecule has 0 radical (unpaired) electrons. The van der Waals surface area contributed by atoms with Gasteiger partial charge in [0.15, 0.2) is 0 Å². The second kappa shape index (κ2) is 7.95. The van der Waals surface area contributed by atoms with Crippen LogP contribution in [0.15, 0.2) is 23.2 Å². The molecule has 2 heterocycles. The number of thioether (sulfide) groups is 1. The number of benzene rings is 1. The third-order valence-electron chi connectivity index (χ3n) is 4.46. The zero-order valence-electron chi connectivity index (χ0n) is 14.6. The molecule has 0 saturated carbocycles. The molecule has 4 nitrogen and oxygen atoms in total. The lowest BCUT2D eigenvalue weighted by Crippen LogP contribution is -2.14. The molecule has 0 atom stereocenters. The van der Waals surface area contributed by atoms with Gasteiger partial charge in [0.2, 0.25) is 5.91 Å². The predicted molar refractivity (Wildman–Crippen MR) is 115 cm³/mol. The monoisotopic (exact) mass is 437 g/mol. The first kappa shape index (κ1) is 19.0. The number of nitrogens with one attached hydrogen (secondary N) is 1. The van der Waals surface area contributed by atoms with Gasteiger partial charge < -0.3 is 5.32 Å². The zero-order chi connectivity index (χ0) is 19.0. The lowest BCUT2D eigenvalue weighted by Gasteiger charge is -2.12. The summed E-state index contributed by atoms with van der Waals surface area (Å²) >= 11 is 15.4. The fraction of sp³-hybridized carbons (Fsp3) is 0.316. The Kier molecular flexibility index (Phi) is 5.60. The highest BCUT2D eigenvalue weighted by Gasteiger charge is 2.21. The van der Waals surface area contributed by atoms with E-state index in [1.54, 1.807) is 29.5 Å². The van der Waals surface area contributed by atoms with Crippen LogP contribution in [-0.2, 0) is 17.6 Å². The van der Waals surface area contributed by atoms with Crippen LogP contribution in [0.5, 0.6) is 0 Å². The van der Waals surface area contributed by atoms with Crippen LogP contribution < -0.4 is 5.32 Å². The number of aryl methyl sites for hydroxylation is 3. The summed E-state index contributed by atoms with van der Waals surface area (Å²) in [7, 11) is 0. The van der Waals surface area contributed by atoms with E-state index in [0.717, 1.165) is 33.9 Å². The molecule has 0 fully saturated rings. The van der Waals surface area contributed by atoms with Gasteiger partial charge >= 0.3 is 0 Å². The minimum atomic E-state index is -0.141. The predicted octanol–water partition coefficient (Wildman–Crippen LogP) is 5.92. The average Bonchev–Trinajstić information content (AvgIpc) is 3.01.